The molecule has 2 bridgehead atoms. The van der Waals surface area contributed by atoms with Gasteiger partial charge < -0.3 is 4.74 Å². The molecule has 0 N–H and O–H groups in total. The summed E-state index contributed by atoms with van der Waals surface area (Å²) in [5.41, 5.74) is -0.00311. The first-order valence-electron chi connectivity index (χ1n) is 6.08. The van der Waals surface area contributed by atoms with Crippen molar-refractivity contribution in [1.82, 2.24) is 0 Å². The minimum absolute atomic E-state index is 0.0949. The van der Waals surface area contributed by atoms with E-state index < -0.39 is 12.1 Å². The Bertz CT molecular complexity index is 349. The summed E-state index contributed by atoms with van der Waals surface area (Å²) in [6.07, 6.45) is 1.76. The third-order valence-corrected chi connectivity index (χ3v) is 5.63. The van der Waals surface area contributed by atoms with Crippen LogP contribution >= 0.6 is 0 Å². The SMILES string of the molecule is CC1(C)C2CCC1(C)C(C(O[C]=O)C([O])=O)C2. The lowest BCUT2D eigenvalue weighted by Crippen LogP contribution is -2.42. The van der Waals surface area contributed by atoms with E-state index in [0.717, 1.165) is 19.3 Å². The van der Waals surface area contributed by atoms with Crippen molar-refractivity contribution < 1.29 is 19.4 Å². The average molecular weight is 238 g/mol. The van der Waals surface area contributed by atoms with Gasteiger partial charge in [0.25, 0.3) is 0 Å². The third-order valence-electron chi connectivity index (χ3n) is 5.63. The van der Waals surface area contributed by atoms with Gasteiger partial charge >= 0.3 is 12.4 Å². The van der Waals surface area contributed by atoms with Crippen LogP contribution in [0.25, 0.3) is 0 Å². The molecule has 0 amide bonds. The number of ether oxygens (including phenoxy) is 1. The maximum Gasteiger partial charge on any atom is 0.418 e. The fourth-order valence-electron chi connectivity index (χ4n) is 4.07. The highest BCUT2D eigenvalue weighted by Gasteiger charge is 2.64. The Morgan fingerprint density at radius 2 is 2.06 bits per heavy atom. The molecule has 94 valence electrons. The maximum atomic E-state index is 11.1. The minimum Gasteiger partial charge on any atom is -0.441 e. The molecular weight excluding hydrogens is 220 g/mol. The lowest BCUT2D eigenvalue weighted by atomic mass is 9.65. The van der Waals surface area contributed by atoms with Crippen molar-refractivity contribution in [2.75, 3.05) is 0 Å². The van der Waals surface area contributed by atoms with Crippen molar-refractivity contribution in [1.29, 1.82) is 0 Å². The molecule has 2 radical (unpaired) electrons. The van der Waals surface area contributed by atoms with Gasteiger partial charge in [-0.15, -0.1) is 0 Å². The lowest BCUT2D eigenvalue weighted by molar-refractivity contribution is -0.158. The van der Waals surface area contributed by atoms with E-state index in [4.69, 9.17) is 0 Å². The predicted molar refractivity (Wildman–Crippen MR) is 59.0 cm³/mol. The summed E-state index contributed by atoms with van der Waals surface area (Å²) in [5, 5.41) is 11.1. The molecule has 0 spiro atoms. The minimum atomic E-state index is -1.30. The van der Waals surface area contributed by atoms with Crippen molar-refractivity contribution in [3.63, 3.8) is 0 Å². The molecule has 4 nitrogen and oxygen atoms in total. The van der Waals surface area contributed by atoms with Crippen molar-refractivity contribution in [2.24, 2.45) is 22.7 Å². The van der Waals surface area contributed by atoms with Gasteiger partial charge in [-0.05, 0) is 36.0 Å². The molecule has 4 heteroatoms. The number of rotatable bonds is 4. The summed E-state index contributed by atoms with van der Waals surface area (Å²) < 4.78 is 4.63. The first-order valence-corrected chi connectivity index (χ1v) is 6.08. The first kappa shape index (κ1) is 12.4. The molecule has 0 heterocycles. The average Bonchev–Trinajstić information content (AvgIpc) is 2.57. The Labute approximate surface area is 101 Å². The summed E-state index contributed by atoms with van der Waals surface area (Å²) >= 11 is 0. The van der Waals surface area contributed by atoms with Crippen LogP contribution in [-0.4, -0.2) is 18.5 Å². The molecule has 4 atom stereocenters. The molecule has 2 aliphatic rings. The van der Waals surface area contributed by atoms with Crippen molar-refractivity contribution in [3.05, 3.63) is 0 Å². The summed E-state index contributed by atoms with van der Waals surface area (Å²) in [6, 6.07) is 0. The van der Waals surface area contributed by atoms with Gasteiger partial charge in [0.05, 0.1) is 0 Å². The summed E-state index contributed by atoms with van der Waals surface area (Å²) in [4.78, 5) is 21.4. The van der Waals surface area contributed by atoms with E-state index in [-0.39, 0.29) is 16.7 Å². The van der Waals surface area contributed by atoms with Crippen LogP contribution in [0.3, 0.4) is 0 Å². The Hall–Kier alpha value is -1.06. The molecule has 2 fully saturated rings. The van der Waals surface area contributed by atoms with Crippen LogP contribution in [0.4, 0.5) is 0 Å². The first-order chi connectivity index (χ1) is 7.84. The highest BCUT2D eigenvalue weighted by Crippen LogP contribution is 2.68. The Kier molecular flexibility index (Phi) is 2.71. The van der Waals surface area contributed by atoms with E-state index in [1.165, 1.54) is 6.47 Å². The molecule has 0 aromatic carbocycles. The second-order valence-electron chi connectivity index (χ2n) is 6.16. The Morgan fingerprint density at radius 1 is 1.41 bits per heavy atom. The van der Waals surface area contributed by atoms with Gasteiger partial charge in [0.1, 0.15) is 0 Å². The molecular formula is C13H18O4. The smallest absolute Gasteiger partial charge is 0.418 e. The molecule has 17 heavy (non-hydrogen) atoms. The van der Waals surface area contributed by atoms with E-state index in [9.17, 15) is 14.7 Å². The summed E-state index contributed by atoms with van der Waals surface area (Å²) in [5.74, 6) is -0.944. The zero-order chi connectivity index (χ0) is 12.8. The number of fused-ring (bicyclic) bond motifs is 2. The largest absolute Gasteiger partial charge is 0.441 e. The topological polar surface area (TPSA) is 63.3 Å². The monoisotopic (exact) mass is 238 g/mol. The highest BCUT2D eigenvalue weighted by molar-refractivity contribution is 5.74. The van der Waals surface area contributed by atoms with Crippen LogP contribution in [0.5, 0.6) is 0 Å². The molecule has 0 saturated heterocycles. The van der Waals surface area contributed by atoms with Crippen LogP contribution in [0.2, 0.25) is 0 Å². The van der Waals surface area contributed by atoms with Crippen LogP contribution in [0, 0.1) is 22.7 Å². The molecule has 0 aromatic rings. The van der Waals surface area contributed by atoms with Gasteiger partial charge in [0.2, 0.25) is 6.10 Å². The van der Waals surface area contributed by atoms with E-state index in [1.54, 1.807) is 0 Å². The Balaban J connectivity index is 2.30. The van der Waals surface area contributed by atoms with E-state index in [0.29, 0.717) is 5.92 Å². The molecule has 4 unspecified atom stereocenters. The van der Waals surface area contributed by atoms with Crippen molar-refractivity contribution >= 4 is 12.4 Å². The fourth-order valence-corrected chi connectivity index (χ4v) is 4.07. The summed E-state index contributed by atoms with van der Waals surface area (Å²) in [7, 11) is 0. The van der Waals surface area contributed by atoms with Gasteiger partial charge in [-0.3, -0.25) is 0 Å². The number of carbonyl (C=O) groups excluding carboxylic acids is 2. The third kappa shape index (κ3) is 1.49. The number of carbonyl (C=O) groups is 1. The quantitative estimate of drug-likeness (QED) is 0.751. The molecule has 0 aromatic heterocycles. The van der Waals surface area contributed by atoms with Crippen molar-refractivity contribution in [2.45, 2.75) is 46.1 Å². The van der Waals surface area contributed by atoms with Crippen molar-refractivity contribution in [3.8, 4) is 0 Å². The number of hydrogen-bond acceptors (Lipinski definition) is 3. The molecule has 0 aliphatic heterocycles. The molecule has 2 aliphatic carbocycles. The van der Waals surface area contributed by atoms with Gasteiger partial charge in [-0.25, -0.2) is 14.7 Å². The van der Waals surface area contributed by atoms with E-state index in [1.807, 2.05) is 0 Å². The highest BCUT2D eigenvalue weighted by atomic mass is 16.5. The lowest BCUT2D eigenvalue weighted by Gasteiger charge is -2.40. The molecule has 2 rings (SSSR count). The van der Waals surface area contributed by atoms with Gasteiger partial charge in [-0.2, -0.15) is 0 Å². The van der Waals surface area contributed by atoms with Gasteiger partial charge in [-0.1, -0.05) is 20.8 Å². The van der Waals surface area contributed by atoms with Crippen LogP contribution in [-0.2, 0) is 19.4 Å². The van der Waals surface area contributed by atoms with E-state index >= 15 is 0 Å². The van der Waals surface area contributed by atoms with Crippen LogP contribution in [0.1, 0.15) is 40.0 Å². The fraction of sp³-hybridized carbons (Fsp3) is 0.846. The zero-order valence-corrected chi connectivity index (χ0v) is 10.5. The second kappa shape index (κ2) is 3.72. The predicted octanol–water partition coefficient (Wildman–Crippen LogP) is 1.86. The number of hydrogen-bond donors (Lipinski definition) is 0. The second-order valence-corrected chi connectivity index (χ2v) is 6.16. The van der Waals surface area contributed by atoms with Crippen LogP contribution in [0.15, 0.2) is 0 Å². The van der Waals surface area contributed by atoms with Gasteiger partial charge in [0.15, 0.2) is 0 Å². The Morgan fingerprint density at radius 3 is 2.41 bits per heavy atom. The zero-order valence-electron chi connectivity index (χ0n) is 10.5. The molecule has 2 saturated carbocycles. The van der Waals surface area contributed by atoms with Gasteiger partial charge in [0, 0.05) is 5.92 Å². The van der Waals surface area contributed by atoms with E-state index in [2.05, 4.69) is 25.5 Å². The normalized spacial score (nSPS) is 39.9. The standard InChI is InChI=1S/C13H18O4/c1-12(2)8-4-5-13(12,3)9(6-8)10(11(15)16)17-7-14/h8-10H,4-6H2,1-3H3. The summed E-state index contributed by atoms with van der Waals surface area (Å²) in [6.45, 7) is 7.73. The van der Waals surface area contributed by atoms with Crippen LogP contribution < -0.4 is 0 Å². The maximum absolute atomic E-state index is 11.1.